The third kappa shape index (κ3) is 6.36. The molecular formula is C60H40. The largest absolute Gasteiger partial charge is 0.0622 e. The minimum Gasteiger partial charge on any atom is -0.0622 e. The van der Waals surface area contributed by atoms with Gasteiger partial charge in [0, 0.05) is 0 Å². The Hall–Kier alpha value is -7.80. The summed E-state index contributed by atoms with van der Waals surface area (Å²) in [7, 11) is 0. The minimum atomic E-state index is 1.18. The van der Waals surface area contributed by atoms with Crippen molar-refractivity contribution in [2.24, 2.45) is 0 Å². The van der Waals surface area contributed by atoms with Crippen molar-refractivity contribution >= 4 is 32.3 Å². The molecule has 280 valence electrons. The Morgan fingerprint density at radius 3 is 1.27 bits per heavy atom. The van der Waals surface area contributed by atoms with Gasteiger partial charge in [-0.05, 0) is 128 Å². The Morgan fingerprint density at radius 1 is 0.167 bits per heavy atom. The molecule has 0 saturated heterocycles. The normalized spacial score (nSPS) is 11.3. The van der Waals surface area contributed by atoms with Crippen molar-refractivity contribution in [2.75, 3.05) is 0 Å². The van der Waals surface area contributed by atoms with E-state index in [2.05, 4.69) is 243 Å². The molecule has 0 atom stereocenters. The molecule has 0 radical (unpaired) electrons. The molecule has 0 unspecified atom stereocenters. The molecule has 0 amide bonds. The summed E-state index contributed by atoms with van der Waals surface area (Å²) in [4.78, 5) is 0. The van der Waals surface area contributed by atoms with Crippen LogP contribution in [0.1, 0.15) is 0 Å². The van der Waals surface area contributed by atoms with Crippen molar-refractivity contribution in [1.82, 2.24) is 0 Å². The van der Waals surface area contributed by atoms with Gasteiger partial charge in [0.25, 0.3) is 0 Å². The molecule has 0 aliphatic carbocycles. The van der Waals surface area contributed by atoms with Crippen LogP contribution in [0.15, 0.2) is 243 Å². The van der Waals surface area contributed by atoms with Crippen molar-refractivity contribution in [3.05, 3.63) is 243 Å². The van der Waals surface area contributed by atoms with Gasteiger partial charge in [-0.25, -0.2) is 0 Å². The summed E-state index contributed by atoms with van der Waals surface area (Å²) in [5.74, 6) is 0. The maximum absolute atomic E-state index is 2.45. The molecule has 0 aliphatic rings. The van der Waals surface area contributed by atoms with E-state index in [1.54, 1.807) is 0 Å². The summed E-state index contributed by atoms with van der Waals surface area (Å²) >= 11 is 0. The molecule has 0 fully saturated rings. The van der Waals surface area contributed by atoms with Gasteiger partial charge in [0.15, 0.2) is 0 Å². The molecule has 0 saturated carbocycles. The zero-order valence-electron chi connectivity index (χ0n) is 33.1. The molecule has 60 heavy (non-hydrogen) atoms. The second-order valence-electron chi connectivity index (χ2n) is 15.6. The summed E-state index contributed by atoms with van der Waals surface area (Å²) in [6.45, 7) is 0. The first-order valence-corrected chi connectivity index (χ1v) is 20.7. The average molecular weight is 761 g/mol. The molecule has 0 nitrogen and oxygen atoms in total. The standard InChI is InChI=1S/C60H40/c1-3-16-41(17-4-1)47-22-15-23-49(39-47)53-37-36-50(52-25-10-9-24-51(52)44-33-30-43(31-34-44)48-35-32-42-18-7-8-21-46(42)38-48)40-58(53)60-56-28-13-11-26-54(56)59(45-19-5-2-6-20-45)55-27-12-14-29-57(55)60/h1-40H. The molecule has 0 bridgehead atoms. The van der Waals surface area contributed by atoms with Gasteiger partial charge < -0.3 is 0 Å². The van der Waals surface area contributed by atoms with Gasteiger partial charge in [-0.1, -0.05) is 224 Å². The topological polar surface area (TPSA) is 0 Å². The summed E-state index contributed by atoms with van der Waals surface area (Å²) in [5.41, 5.74) is 17.0. The van der Waals surface area contributed by atoms with Crippen LogP contribution in [0.25, 0.3) is 110 Å². The van der Waals surface area contributed by atoms with E-state index in [0.717, 1.165) is 0 Å². The predicted molar refractivity (Wildman–Crippen MR) is 257 cm³/mol. The fraction of sp³-hybridized carbons (Fsp3) is 0. The van der Waals surface area contributed by atoms with Crippen LogP contribution < -0.4 is 0 Å². The second kappa shape index (κ2) is 15.2. The third-order valence-corrected chi connectivity index (χ3v) is 12.1. The van der Waals surface area contributed by atoms with E-state index < -0.39 is 0 Å². The van der Waals surface area contributed by atoms with Crippen LogP contribution >= 0.6 is 0 Å². The van der Waals surface area contributed by atoms with Gasteiger partial charge in [-0.2, -0.15) is 0 Å². The Bertz CT molecular complexity index is 3280. The van der Waals surface area contributed by atoms with Gasteiger partial charge in [0.05, 0.1) is 0 Å². The van der Waals surface area contributed by atoms with Crippen molar-refractivity contribution < 1.29 is 0 Å². The van der Waals surface area contributed by atoms with Gasteiger partial charge in [-0.3, -0.25) is 0 Å². The maximum Gasteiger partial charge on any atom is -0.00199 e. The van der Waals surface area contributed by atoms with E-state index in [9.17, 15) is 0 Å². The summed E-state index contributed by atoms with van der Waals surface area (Å²) in [6.07, 6.45) is 0. The smallest absolute Gasteiger partial charge is 0.00199 e. The molecule has 0 aliphatic heterocycles. The van der Waals surface area contributed by atoms with E-state index in [0.29, 0.717) is 0 Å². The van der Waals surface area contributed by atoms with Crippen LogP contribution in [-0.2, 0) is 0 Å². The van der Waals surface area contributed by atoms with Crippen LogP contribution in [0.4, 0.5) is 0 Å². The summed E-state index contributed by atoms with van der Waals surface area (Å²) in [5, 5.41) is 7.49. The lowest BCUT2D eigenvalue weighted by molar-refractivity contribution is 1.55. The Morgan fingerprint density at radius 2 is 0.583 bits per heavy atom. The molecule has 11 aromatic carbocycles. The van der Waals surface area contributed by atoms with Gasteiger partial charge >= 0.3 is 0 Å². The molecule has 0 spiro atoms. The highest BCUT2D eigenvalue weighted by molar-refractivity contribution is 6.22. The molecule has 0 N–H and O–H groups in total. The summed E-state index contributed by atoms with van der Waals surface area (Å²) in [6, 6.07) is 88.8. The average Bonchev–Trinajstić information content (AvgIpc) is 3.33. The minimum absolute atomic E-state index is 1.18. The first-order chi connectivity index (χ1) is 29.8. The van der Waals surface area contributed by atoms with Gasteiger partial charge in [0.1, 0.15) is 0 Å². The fourth-order valence-electron chi connectivity index (χ4n) is 9.20. The predicted octanol–water partition coefficient (Wildman–Crippen LogP) is 16.8. The number of benzene rings is 11. The highest BCUT2D eigenvalue weighted by atomic mass is 14.2. The molecular weight excluding hydrogens is 721 g/mol. The zero-order valence-corrected chi connectivity index (χ0v) is 33.1. The monoisotopic (exact) mass is 760 g/mol. The van der Waals surface area contributed by atoms with E-state index in [1.807, 2.05) is 0 Å². The highest BCUT2D eigenvalue weighted by Gasteiger charge is 2.20. The Kier molecular flexibility index (Phi) is 8.95. The molecule has 11 rings (SSSR count). The van der Waals surface area contributed by atoms with Crippen molar-refractivity contribution in [3.63, 3.8) is 0 Å². The van der Waals surface area contributed by atoms with E-state index >= 15 is 0 Å². The first-order valence-electron chi connectivity index (χ1n) is 20.7. The Balaban J connectivity index is 1.12. The maximum atomic E-state index is 2.45. The van der Waals surface area contributed by atoms with Crippen LogP contribution in [-0.4, -0.2) is 0 Å². The van der Waals surface area contributed by atoms with E-state index in [4.69, 9.17) is 0 Å². The van der Waals surface area contributed by atoms with Crippen LogP contribution in [0.5, 0.6) is 0 Å². The van der Waals surface area contributed by atoms with E-state index in [1.165, 1.54) is 110 Å². The van der Waals surface area contributed by atoms with Crippen molar-refractivity contribution in [3.8, 4) is 77.9 Å². The lowest BCUT2D eigenvalue weighted by Crippen LogP contribution is -1.94. The highest BCUT2D eigenvalue weighted by Crippen LogP contribution is 2.48. The van der Waals surface area contributed by atoms with Crippen molar-refractivity contribution in [2.45, 2.75) is 0 Å². The molecule has 0 aromatic heterocycles. The number of hydrogen-bond donors (Lipinski definition) is 0. The van der Waals surface area contributed by atoms with Crippen LogP contribution in [0.3, 0.4) is 0 Å². The van der Waals surface area contributed by atoms with Crippen molar-refractivity contribution in [1.29, 1.82) is 0 Å². The molecule has 0 heterocycles. The number of hydrogen-bond acceptors (Lipinski definition) is 0. The third-order valence-electron chi connectivity index (χ3n) is 12.1. The molecule has 11 aromatic rings. The lowest BCUT2D eigenvalue weighted by atomic mass is 9.82. The van der Waals surface area contributed by atoms with Crippen LogP contribution in [0.2, 0.25) is 0 Å². The fourth-order valence-corrected chi connectivity index (χ4v) is 9.20. The lowest BCUT2D eigenvalue weighted by Gasteiger charge is -2.21. The number of fused-ring (bicyclic) bond motifs is 3. The quantitative estimate of drug-likeness (QED) is 0.142. The van der Waals surface area contributed by atoms with Gasteiger partial charge in [0.2, 0.25) is 0 Å². The number of rotatable bonds is 7. The van der Waals surface area contributed by atoms with Crippen LogP contribution in [0, 0.1) is 0 Å². The molecule has 0 heteroatoms. The first kappa shape index (κ1) is 35.4. The van der Waals surface area contributed by atoms with E-state index in [-0.39, 0.29) is 0 Å². The Labute approximate surface area is 351 Å². The second-order valence-corrected chi connectivity index (χ2v) is 15.6. The SMILES string of the molecule is c1ccc(-c2cccc(-c3ccc(-c4ccccc4-c4ccc(-c5ccc6ccccc6c5)cc4)cc3-c3c4ccccc4c(-c4ccccc4)c4ccccc34)c2)cc1. The summed E-state index contributed by atoms with van der Waals surface area (Å²) < 4.78 is 0. The van der Waals surface area contributed by atoms with Gasteiger partial charge in [-0.15, -0.1) is 0 Å². The zero-order chi connectivity index (χ0) is 39.8.